The van der Waals surface area contributed by atoms with E-state index in [1.165, 1.54) is 32.6 Å². The molecule has 1 aromatic heterocycles. The van der Waals surface area contributed by atoms with Gasteiger partial charge in [0, 0.05) is 7.11 Å². The second kappa shape index (κ2) is 7.29. The summed E-state index contributed by atoms with van der Waals surface area (Å²) >= 11 is 0. The molecule has 2 amide bonds. The maximum absolute atomic E-state index is 11.7. The summed E-state index contributed by atoms with van der Waals surface area (Å²) in [6.07, 6.45) is 1.47. The third-order valence-corrected chi connectivity index (χ3v) is 2.55. The minimum absolute atomic E-state index is 0.184. The lowest BCUT2D eigenvalue weighted by atomic mass is 10.2. The molecule has 0 aliphatic rings. The van der Waals surface area contributed by atoms with Gasteiger partial charge in [0.25, 0.3) is 5.91 Å². The molecule has 1 aromatic rings. The molecular weight excluding hydrogens is 268 g/mol. The Morgan fingerprint density at radius 1 is 1.45 bits per heavy atom. The average molecular weight is 284 g/mol. The van der Waals surface area contributed by atoms with E-state index in [-0.39, 0.29) is 6.54 Å². The third-order valence-electron chi connectivity index (χ3n) is 2.55. The monoisotopic (exact) mass is 284 g/mol. The zero-order chi connectivity index (χ0) is 15.1. The van der Waals surface area contributed by atoms with Gasteiger partial charge in [-0.2, -0.15) is 0 Å². The molecule has 1 heterocycles. The van der Waals surface area contributed by atoms with E-state index in [0.29, 0.717) is 5.56 Å². The molecule has 2 atom stereocenters. The fraction of sp³-hybridized carbons (Fsp3) is 0.417. The number of aliphatic carboxylic acids is 1. The van der Waals surface area contributed by atoms with Crippen LogP contribution in [0.4, 0.5) is 0 Å². The highest BCUT2D eigenvalue weighted by atomic mass is 16.5. The molecule has 0 fully saturated rings. The summed E-state index contributed by atoms with van der Waals surface area (Å²) in [5.41, 5.74) is 0.296. The Hall–Kier alpha value is -2.35. The highest BCUT2D eigenvalue weighted by Crippen LogP contribution is 2.00. The predicted octanol–water partition coefficient (Wildman–Crippen LogP) is -0.386. The van der Waals surface area contributed by atoms with Crippen molar-refractivity contribution in [3.8, 4) is 0 Å². The first-order valence-electron chi connectivity index (χ1n) is 5.82. The van der Waals surface area contributed by atoms with Gasteiger partial charge in [-0.3, -0.25) is 9.59 Å². The lowest BCUT2D eigenvalue weighted by Gasteiger charge is -2.16. The Bertz CT molecular complexity index is 470. The molecule has 3 N–H and O–H groups in total. The second-order valence-corrected chi connectivity index (χ2v) is 4.01. The molecule has 2 unspecified atom stereocenters. The van der Waals surface area contributed by atoms with Gasteiger partial charge >= 0.3 is 5.97 Å². The van der Waals surface area contributed by atoms with Crippen LogP contribution in [0.25, 0.3) is 0 Å². The standard InChI is InChI=1S/C12H16N2O6/c1-7(14-11(16)8-3-4-20-6-8)10(15)13-5-9(19-2)12(17)18/h3-4,6-7,9H,5H2,1-2H3,(H,13,15)(H,14,16)(H,17,18). The maximum atomic E-state index is 11.7. The van der Waals surface area contributed by atoms with Gasteiger partial charge in [0.2, 0.25) is 5.91 Å². The van der Waals surface area contributed by atoms with Gasteiger partial charge in [0.05, 0.1) is 18.4 Å². The Morgan fingerprint density at radius 3 is 2.65 bits per heavy atom. The molecule has 8 heteroatoms. The van der Waals surface area contributed by atoms with Gasteiger partial charge in [0.15, 0.2) is 6.10 Å². The number of nitrogens with one attached hydrogen (secondary N) is 2. The number of furan rings is 1. The van der Waals surface area contributed by atoms with Crippen LogP contribution in [-0.4, -0.2) is 48.7 Å². The molecule has 1 rings (SSSR count). The minimum atomic E-state index is -1.18. The Kier molecular flexibility index (Phi) is 5.73. The van der Waals surface area contributed by atoms with E-state index in [9.17, 15) is 14.4 Å². The Balaban J connectivity index is 2.43. The number of methoxy groups -OCH3 is 1. The maximum Gasteiger partial charge on any atom is 0.334 e. The molecule has 0 aromatic carbocycles. The number of amides is 2. The van der Waals surface area contributed by atoms with E-state index >= 15 is 0 Å². The van der Waals surface area contributed by atoms with Crippen molar-refractivity contribution < 1.29 is 28.6 Å². The lowest BCUT2D eigenvalue weighted by Crippen LogP contribution is -2.47. The van der Waals surface area contributed by atoms with Gasteiger partial charge in [-0.1, -0.05) is 0 Å². The van der Waals surface area contributed by atoms with Crippen molar-refractivity contribution in [3.63, 3.8) is 0 Å². The van der Waals surface area contributed by atoms with Crippen molar-refractivity contribution in [3.05, 3.63) is 24.2 Å². The normalized spacial score (nSPS) is 13.3. The quantitative estimate of drug-likeness (QED) is 0.628. The number of carbonyl (C=O) groups excluding carboxylic acids is 2. The second-order valence-electron chi connectivity index (χ2n) is 4.01. The fourth-order valence-electron chi connectivity index (χ4n) is 1.36. The number of carboxylic acids is 1. The first-order valence-corrected chi connectivity index (χ1v) is 5.82. The third kappa shape index (κ3) is 4.39. The van der Waals surface area contributed by atoms with Crippen molar-refractivity contribution in [1.82, 2.24) is 10.6 Å². The number of rotatable bonds is 7. The summed E-state index contributed by atoms with van der Waals surface area (Å²) in [4.78, 5) is 34.0. The van der Waals surface area contributed by atoms with E-state index < -0.39 is 29.9 Å². The van der Waals surface area contributed by atoms with Gasteiger partial charge in [-0.15, -0.1) is 0 Å². The van der Waals surface area contributed by atoms with Crippen LogP contribution in [0.5, 0.6) is 0 Å². The Labute approximate surface area is 115 Å². The number of hydrogen-bond donors (Lipinski definition) is 3. The largest absolute Gasteiger partial charge is 0.479 e. The summed E-state index contributed by atoms with van der Waals surface area (Å²) < 4.78 is 9.42. The van der Waals surface area contributed by atoms with Crippen LogP contribution < -0.4 is 10.6 Å². The van der Waals surface area contributed by atoms with Crippen LogP contribution >= 0.6 is 0 Å². The van der Waals surface area contributed by atoms with Crippen molar-refractivity contribution in [2.24, 2.45) is 0 Å². The van der Waals surface area contributed by atoms with Crippen LogP contribution in [0.3, 0.4) is 0 Å². The first-order chi connectivity index (χ1) is 9.45. The van der Waals surface area contributed by atoms with E-state index in [4.69, 9.17) is 9.52 Å². The number of hydrogen-bond acceptors (Lipinski definition) is 5. The molecule has 20 heavy (non-hydrogen) atoms. The van der Waals surface area contributed by atoms with Crippen LogP contribution in [0, 0.1) is 0 Å². The molecule has 0 spiro atoms. The van der Waals surface area contributed by atoms with Gasteiger partial charge < -0.3 is 24.9 Å². The molecule has 0 aliphatic heterocycles. The van der Waals surface area contributed by atoms with Crippen LogP contribution in [0.15, 0.2) is 23.0 Å². The van der Waals surface area contributed by atoms with E-state index in [0.717, 1.165) is 0 Å². The summed E-state index contributed by atoms with van der Waals surface area (Å²) in [5, 5.41) is 13.6. The summed E-state index contributed by atoms with van der Waals surface area (Å²) in [6, 6.07) is 0.648. The van der Waals surface area contributed by atoms with Gasteiger partial charge in [-0.25, -0.2) is 4.79 Å². The molecule has 0 saturated heterocycles. The van der Waals surface area contributed by atoms with Crippen LogP contribution in [-0.2, 0) is 14.3 Å². The lowest BCUT2D eigenvalue weighted by molar-refractivity contribution is -0.148. The first kappa shape index (κ1) is 15.7. The van der Waals surface area contributed by atoms with Crippen molar-refractivity contribution in [2.75, 3.05) is 13.7 Å². The topological polar surface area (TPSA) is 118 Å². The number of carboxylic acid groups (broad SMARTS) is 1. The molecule has 0 radical (unpaired) electrons. The SMILES string of the molecule is COC(CNC(=O)C(C)NC(=O)c1ccoc1)C(=O)O. The van der Waals surface area contributed by atoms with E-state index in [2.05, 4.69) is 15.4 Å². The molecular formula is C12H16N2O6. The summed E-state index contributed by atoms with van der Waals surface area (Å²) in [5.74, 6) is -2.14. The Morgan fingerprint density at radius 2 is 2.15 bits per heavy atom. The molecule has 8 nitrogen and oxygen atoms in total. The van der Waals surface area contributed by atoms with Crippen LogP contribution in [0.1, 0.15) is 17.3 Å². The highest BCUT2D eigenvalue weighted by Gasteiger charge is 2.21. The summed E-state index contributed by atoms with van der Waals surface area (Å²) in [6.45, 7) is 1.30. The van der Waals surface area contributed by atoms with Crippen LogP contribution in [0.2, 0.25) is 0 Å². The molecule has 0 saturated carbocycles. The van der Waals surface area contributed by atoms with Gasteiger partial charge in [-0.05, 0) is 13.0 Å². The fourth-order valence-corrected chi connectivity index (χ4v) is 1.36. The number of carbonyl (C=O) groups is 3. The van der Waals surface area contributed by atoms with E-state index in [1.807, 2.05) is 0 Å². The summed E-state index contributed by atoms with van der Waals surface area (Å²) in [7, 11) is 1.23. The predicted molar refractivity (Wildman–Crippen MR) is 67.1 cm³/mol. The molecule has 110 valence electrons. The molecule has 0 bridgehead atoms. The minimum Gasteiger partial charge on any atom is -0.479 e. The molecule has 0 aliphatic carbocycles. The average Bonchev–Trinajstić information content (AvgIpc) is 2.92. The highest BCUT2D eigenvalue weighted by molar-refractivity contribution is 5.97. The van der Waals surface area contributed by atoms with Crippen molar-refractivity contribution >= 4 is 17.8 Å². The van der Waals surface area contributed by atoms with Gasteiger partial charge in [0.1, 0.15) is 12.3 Å². The van der Waals surface area contributed by atoms with Crippen molar-refractivity contribution in [2.45, 2.75) is 19.1 Å². The number of ether oxygens (including phenoxy) is 1. The van der Waals surface area contributed by atoms with Crippen molar-refractivity contribution in [1.29, 1.82) is 0 Å². The zero-order valence-corrected chi connectivity index (χ0v) is 11.1. The smallest absolute Gasteiger partial charge is 0.334 e. The van der Waals surface area contributed by atoms with E-state index in [1.54, 1.807) is 0 Å². The zero-order valence-electron chi connectivity index (χ0n) is 11.1.